The quantitative estimate of drug-likeness (QED) is 0.301. The number of fused-ring (bicyclic) bond motifs is 2. The minimum absolute atomic E-state index is 0.0537. The van der Waals surface area contributed by atoms with Crippen LogP contribution >= 0.6 is 0 Å². The molecule has 0 spiro atoms. The maximum Gasteiger partial charge on any atom is 0.408 e. The van der Waals surface area contributed by atoms with E-state index < -0.39 is 18.0 Å². The maximum atomic E-state index is 14.8. The lowest BCUT2D eigenvalue weighted by molar-refractivity contribution is -0.183. The number of likely N-dealkylation sites (tertiary alicyclic amines) is 1. The molecule has 1 aromatic carbocycles. The van der Waals surface area contributed by atoms with Crippen molar-refractivity contribution in [3.8, 4) is 11.5 Å². The predicted molar refractivity (Wildman–Crippen MR) is 137 cm³/mol. The third kappa shape index (κ3) is 4.84. The van der Waals surface area contributed by atoms with Crippen LogP contribution in [0.5, 0.6) is 0 Å². The first-order valence-corrected chi connectivity index (χ1v) is 12.0. The van der Waals surface area contributed by atoms with Crippen molar-refractivity contribution in [1.82, 2.24) is 24.5 Å². The third-order valence-electron chi connectivity index (χ3n) is 6.56. The fraction of sp³-hybridized carbons (Fsp3) is 0.308. The normalized spacial score (nSPS) is 18.6. The summed E-state index contributed by atoms with van der Waals surface area (Å²) in [4.78, 5) is 10.1. The van der Waals surface area contributed by atoms with Crippen molar-refractivity contribution < 1.29 is 17.6 Å². The van der Waals surface area contributed by atoms with E-state index in [1.165, 1.54) is 40.7 Å². The van der Waals surface area contributed by atoms with Crippen molar-refractivity contribution in [3.63, 3.8) is 0 Å². The molecule has 8 nitrogen and oxygen atoms in total. The van der Waals surface area contributed by atoms with E-state index in [1.54, 1.807) is 31.2 Å². The molecule has 0 radical (unpaired) electrons. The van der Waals surface area contributed by atoms with Gasteiger partial charge in [-0.25, -0.2) is 9.37 Å². The van der Waals surface area contributed by atoms with Crippen LogP contribution in [0.1, 0.15) is 30.5 Å². The standard InChI is InChI=1S/C26H26F4N8/c1-14(31)9-22(33-2)18-11-21-15(10-19(18)27)3-5-20(34-21)25-36-35-23-6-4-16(12-38(23)25)24(26(28,29)30)37-8-7-17(32)13-37/h3-6,9-12,17,24H,7-8,13,31-32H2,1-2H3. The molecule has 2 atom stereocenters. The van der Waals surface area contributed by atoms with Crippen molar-refractivity contribution in [2.45, 2.75) is 31.6 Å². The molecular weight excluding hydrogens is 500 g/mol. The van der Waals surface area contributed by atoms with Crippen LogP contribution in [0.3, 0.4) is 0 Å². The molecule has 198 valence electrons. The number of nitrogens with zero attached hydrogens (tertiary/aromatic N) is 6. The minimum atomic E-state index is -4.50. The van der Waals surface area contributed by atoms with Gasteiger partial charge in [0, 0.05) is 49.0 Å². The summed E-state index contributed by atoms with van der Waals surface area (Å²) in [5.41, 5.74) is 13.9. The molecule has 5 rings (SSSR count). The highest BCUT2D eigenvalue weighted by Crippen LogP contribution is 2.39. The van der Waals surface area contributed by atoms with Crippen molar-refractivity contribution in [2.24, 2.45) is 16.5 Å². The van der Waals surface area contributed by atoms with Crippen LogP contribution in [0.4, 0.5) is 17.6 Å². The summed E-state index contributed by atoms with van der Waals surface area (Å²) in [5, 5.41) is 8.84. The molecule has 1 fully saturated rings. The zero-order valence-corrected chi connectivity index (χ0v) is 20.7. The SMILES string of the molecule is CN=C(C=C(C)N)c1cc2nc(-c3nnc4ccc(C(N5CCC(N)C5)C(F)(F)F)cn34)ccc2cc1F. The van der Waals surface area contributed by atoms with Gasteiger partial charge >= 0.3 is 6.18 Å². The highest BCUT2D eigenvalue weighted by molar-refractivity contribution is 6.10. The Hall–Kier alpha value is -3.90. The van der Waals surface area contributed by atoms with E-state index in [-0.39, 0.29) is 36.1 Å². The molecule has 1 aliphatic heterocycles. The van der Waals surface area contributed by atoms with Gasteiger partial charge in [0.25, 0.3) is 0 Å². The largest absolute Gasteiger partial charge is 0.408 e. The Morgan fingerprint density at radius 3 is 2.63 bits per heavy atom. The molecule has 38 heavy (non-hydrogen) atoms. The lowest BCUT2D eigenvalue weighted by Gasteiger charge is -2.30. The first kappa shape index (κ1) is 25.7. The number of nitrogens with two attached hydrogens (primary N) is 2. The van der Waals surface area contributed by atoms with Crippen LogP contribution in [0.2, 0.25) is 0 Å². The number of hydrogen-bond acceptors (Lipinski definition) is 7. The highest BCUT2D eigenvalue weighted by atomic mass is 19.4. The van der Waals surface area contributed by atoms with E-state index in [2.05, 4.69) is 20.2 Å². The molecule has 0 bridgehead atoms. The maximum absolute atomic E-state index is 14.8. The molecule has 4 N–H and O–H groups in total. The number of pyridine rings is 2. The third-order valence-corrected chi connectivity index (χ3v) is 6.56. The van der Waals surface area contributed by atoms with Crippen LogP contribution in [-0.4, -0.2) is 62.5 Å². The molecule has 0 amide bonds. The molecule has 0 saturated carbocycles. The lowest BCUT2D eigenvalue weighted by Crippen LogP contribution is -2.38. The summed E-state index contributed by atoms with van der Waals surface area (Å²) in [7, 11) is 1.53. The molecule has 1 aliphatic rings. The first-order valence-electron chi connectivity index (χ1n) is 12.0. The van der Waals surface area contributed by atoms with E-state index in [1.807, 2.05) is 0 Å². The van der Waals surface area contributed by atoms with Crippen molar-refractivity contribution in [3.05, 3.63) is 71.3 Å². The topological polar surface area (TPSA) is 111 Å². The van der Waals surface area contributed by atoms with Gasteiger partial charge in [0.2, 0.25) is 0 Å². The van der Waals surface area contributed by atoms with E-state index in [9.17, 15) is 17.6 Å². The lowest BCUT2D eigenvalue weighted by atomic mass is 10.0. The van der Waals surface area contributed by atoms with Crippen LogP contribution in [-0.2, 0) is 0 Å². The van der Waals surface area contributed by atoms with E-state index >= 15 is 0 Å². The number of alkyl halides is 3. The molecule has 4 heterocycles. The number of hydrogen-bond donors (Lipinski definition) is 2. The van der Waals surface area contributed by atoms with Crippen LogP contribution < -0.4 is 11.5 Å². The van der Waals surface area contributed by atoms with E-state index in [4.69, 9.17) is 11.5 Å². The van der Waals surface area contributed by atoms with E-state index in [0.29, 0.717) is 40.1 Å². The van der Waals surface area contributed by atoms with Gasteiger partial charge in [-0.3, -0.25) is 14.3 Å². The molecule has 3 aromatic heterocycles. The second-order valence-corrected chi connectivity index (χ2v) is 9.42. The monoisotopic (exact) mass is 526 g/mol. The van der Waals surface area contributed by atoms with Crippen LogP contribution in [0, 0.1) is 5.82 Å². The fourth-order valence-electron chi connectivity index (χ4n) is 4.84. The van der Waals surface area contributed by atoms with Gasteiger partial charge in [0.05, 0.1) is 11.2 Å². The molecular formula is C26H26F4N8. The smallest absolute Gasteiger partial charge is 0.402 e. The second-order valence-electron chi connectivity index (χ2n) is 9.42. The average molecular weight is 527 g/mol. The summed E-state index contributed by atoms with van der Waals surface area (Å²) in [6.07, 6.45) is -1.04. The highest BCUT2D eigenvalue weighted by Gasteiger charge is 2.46. The Bertz CT molecular complexity index is 1570. The Labute approximate surface area is 215 Å². The molecule has 0 aliphatic carbocycles. The number of benzene rings is 1. The van der Waals surface area contributed by atoms with Gasteiger partial charge in [-0.1, -0.05) is 12.1 Å². The van der Waals surface area contributed by atoms with Crippen molar-refractivity contribution in [2.75, 3.05) is 20.1 Å². The van der Waals surface area contributed by atoms with Gasteiger partial charge in [0.15, 0.2) is 11.5 Å². The Balaban J connectivity index is 1.60. The Morgan fingerprint density at radius 2 is 1.97 bits per heavy atom. The Kier molecular flexibility index (Phi) is 6.61. The molecule has 12 heteroatoms. The summed E-state index contributed by atoms with van der Waals surface area (Å²) in [5.74, 6) is -0.224. The minimum Gasteiger partial charge on any atom is -0.402 e. The van der Waals surface area contributed by atoms with Crippen molar-refractivity contribution >= 4 is 22.3 Å². The summed E-state index contributed by atoms with van der Waals surface area (Å²) in [6.45, 7) is 2.09. The summed E-state index contributed by atoms with van der Waals surface area (Å²) < 4.78 is 58.8. The molecule has 4 aromatic rings. The van der Waals surface area contributed by atoms with Crippen molar-refractivity contribution in [1.29, 1.82) is 0 Å². The zero-order valence-electron chi connectivity index (χ0n) is 20.7. The predicted octanol–water partition coefficient (Wildman–Crippen LogP) is 4.00. The summed E-state index contributed by atoms with van der Waals surface area (Å²) in [6, 6.07) is 7.01. The van der Waals surface area contributed by atoms with Gasteiger partial charge in [-0.2, -0.15) is 13.2 Å². The van der Waals surface area contributed by atoms with Crippen LogP contribution in [0.25, 0.3) is 28.1 Å². The number of halogens is 4. The number of rotatable bonds is 5. The fourth-order valence-corrected chi connectivity index (χ4v) is 4.84. The first-order chi connectivity index (χ1) is 18.0. The number of aromatic nitrogens is 4. The van der Waals surface area contributed by atoms with Gasteiger partial charge in [-0.15, -0.1) is 10.2 Å². The van der Waals surface area contributed by atoms with E-state index in [0.717, 1.165) is 0 Å². The Morgan fingerprint density at radius 1 is 1.18 bits per heavy atom. The van der Waals surface area contributed by atoms with Crippen LogP contribution in [0.15, 0.2) is 59.4 Å². The number of aliphatic imine (C=N–C) groups is 1. The van der Waals surface area contributed by atoms with Gasteiger partial charge in [0.1, 0.15) is 17.6 Å². The van der Waals surface area contributed by atoms with Gasteiger partial charge < -0.3 is 11.5 Å². The number of allylic oxidation sites excluding steroid dienone is 2. The van der Waals surface area contributed by atoms with Gasteiger partial charge in [-0.05, 0) is 49.2 Å². The molecule has 2 unspecified atom stereocenters. The molecule has 1 saturated heterocycles. The zero-order chi connectivity index (χ0) is 27.2. The summed E-state index contributed by atoms with van der Waals surface area (Å²) >= 11 is 0. The second kappa shape index (κ2) is 9.76. The average Bonchev–Trinajstić information content (AvgIpc) is 3.47.